The summed E-state index contributed by atoms with van der Waals surface area (Å²) in [5, 5.41) is 4.22. The molecule has 28 heavy (non-hydrogen) atoms. The molecule has 0 aromatic heterocycles. The molecule has 0 aliphatic rings. The largest absolute Gasteiger partial charge is 0.333 e. The van der Waals surface area contributed by atoms with Gasteiger partial charge in [0.25, 0.3) is 0 Å². The Balaban J connectivity index is 1.70. The predicted octanol–water partition coefficient (Wildman–Crippen LogP) is 4.15. The van der Waals surface area contributed by atoms with E-state index in [0.717, 1.165) is 28.5 Å². The van der Waals surface area contributed by atoms with Crippen LogP contribution < -0.4 is 5.32 Å². The maximum Gasteiger partial charge on any atom is 0.244 e. The van der Waals surface area contributed by atoms with Crippen molar-refractivity contribution in [1.82, 2.24) is 4.90 Å². The maximum absolute atomic E-state index is 13.7. The summed E-state index contributed by atoms with van der Waals surface area (Å²) < 4.78 is 27.4. The summed E-state index contributed by atoms with van der Waals surface area (Å²) in [6.45, 7) is 1.77. The summed E-state index contributed by atoms with van der Waals surface area (Å²) in [7, 11) is 0. The van der Waals surface area contributed by atoms with E-state index in [1.54, 1.807) is 6.92 Å². The van der Waals surface area contributed by atoms with E-state index < -0.39 is 23.2 Å². The number of amides is 2. The van der Waals surface area contributed by atoms with Gasteiger partial charge in [-0.2, -0.15) is 0 Å². The van der Waals surface area contributed by atoms with Crippen LogP contribution in [0.4, 0.5) is 14.5 Å². The van der Waals surface area contributed by atoms with Crippen LogP contribution in [-0.4, -0.2) is 29.8 Å². The summed E-state index contributed by atoms with van der Waals surface area (Å²) in [6.07, 6.45) is 0.135. The van der Waals surface area contributed by atoms with Crippen molar-refractivity contribution < 1.29 is 18.4 Å². The summed E-state index contributed by atoms with van der Waals surface area (Å²) >= 11 is 0. The predicted molar refractivity (Wildman–Crippen MR) is 105 cm³/mol. The van der Waals surface area contributed by atoms with E-state index in [-0.39, 0.29) is 18.9 Å². The third-order valence-electron chi connectivity index (χ3n) is 4.52. The van der Waals surface area contributed by atoms with Crippen molar-refractivity contribution in [3.8, 4) is 0 Å². The Morgan fingerprint density at radius 1 is 0.929 bits per heavy atom. The van der Waals surface area contributed by atoms with Crippen molar-refractivity contribution in [3.05, 3.63) is 77.9 Å². The van der Waals surface area contributed by atoms with Gasteiger partial charge in [0, 0.05) is 6.54 Å². The number of hydrogen-bond acceptors (Lipinski definition) is 2. The minimum atomic E-state index is -0.863. The molecule has 2 amide bonds. The molecule has 0 saturated carbocycles. The van der Waals surface area contributed by atoms with E-state index in [4.69, 9.17) is 0 Å². The zero-order valence-electron chi connectivity index (χ0n) is 15.4. The second kappa shape index (κ2) is 8.61. The number of halogens is 2. The molecule has 0 bridgehead atoms. The van der Waals surface area contributed by atoms with Crippen molar-refractivity contribution >= 4 is 28.3 Å². The average Bonchev–Trinajstić information content (AvgIpc) is 2.69. The lowest BCUT2D eigenvalue weighted by Gasteiger charge is -2.21. The molecule has 0 aliphatic carbocycles. The van der Waals surface area contributed by atoms with E-state index in [0.29, 0.717) is 6.54 Å². The standard InChI is InChI=1S/C22H20F2N2O2/c1-2-26(14-20(27)25-22-18(23)11-6-12-19(22)24)21(28)13-16-9-5-8-15-7-3-4-10-17(15)16/h3-12H,2,13-14H2,1H3,(H,25,27). The first-order chi connectivity index (χ1) is 13.5. The first-order valence-electron chi connectivity index (χ1n) is 8.98. The number of fused-ring (bicyclic) bond motifs is 1. The first kappa shape index (κ1) is 19.5. The zero-order chi connectivity index (χ0) is 20.1. The van der Waals surface area contributed by atoms with Gasteiger partial charge >= 0.3 is 0 Å². The fourth-order valence-corrected chi connectivity index (χ4v) is 3.07. The number of para-hydroxylation sites is 1. The fraction of sp³-hybridized carbons (Fsp3) is 0.182. The van der Waals surface area contributed by atoms with Crippen LogP contribution in [0, 0.1) is 11.6 Å². The Morgan fingerprint density at radius 3 is 2.29 bits per heavy atom. The molecule has 3 aromatic carbocycles. The number of likely N-dealkylation sites (N-methyl/N-ethyl adjacent to an activating group) is 1. The van der Waals surface area contributed by atoms with Crippen LogP contribution in [0.3, 0.4) is 0 Å². The van der Waals surface area contributed by atoms with Crippen LogP contribution in [-0.2, 0) is 16.0 Å². The van der Waals surface area contributed by atoms with Crippen LogP contribution in [0.1, 0.15) is 12.5 Å². The molecule has 0 spiro atoms. The van der Waals surface area contributed by atoms with Gasteiger partial charge in [0.05, 0.1) is 13.0 Å². The summed E-state index contributed by atoms with van der Waals surface area (Å²) in [5.41, 5.74) is 0.354. The van der Waals surface area contributed by atoms with Gasteiger partial charge in [-0.15, -0.1) is 0 Å². The number of carbonyl (C=O) groups excluding carboxylic acids is 2. The number of carbonyl (C=O) groups is 2. The van der Waals surface area contributed by atoms with Gasteiger partial charge in [-0.05, 0) is 35.4 Å². The Kier molecular flexibility index (Phi) is 5.99. The normalized spacial score (nSPS) is 10.7. The van der Waals surface area contributed by atoms with Gasteiger partial charge in [0.1, 0.15) is 17.3 Å². The van der Waals surface area contributed by atoms with Crippen molar-refractivity contribution in [3.63, 3.8) is 0 Å². The monoisotopic (exact) mass is 382 g/mol. The minimum absolute atomic E-state index is 0.135. The molecule has 0 atom stereocenters. The number of benzene rings is 3. The molecule has 0 saturated heterocycles. The highest BCUT2D eigenvalue weighted by Gasteiger charge is 2.19. The molecular formula is C22H20F2N2O2. The lowest BCUT2D eigenvalue weighted by Crippen LogP contribution is -2.39. The molecule has 6 heteroatoms. The molecule has 0 heterocycles. The molecule has 3 aromatic rings. The first-order valence-corrected chi connectivity index (χ1v) is 8.98. The average molecular weight is 382 g/mol. The maximum atomic E-state index is 13.7. The number of hydrogen-bond donors (Lipinski definition) is 1. The smallest absolute Gasteiger partial charge is 0.244 e. The fourth-order valence-electron chi connectivity index (χ4n) is 3.07. The second-order valence-corrected chi connectivity index (χ2v) is 6.37. The number of rotatable bonds is 6. The molecule has 0 fully saturated rings. The van der Waals surface area contributed by atoms with E-state index in [2.05, 4.69) is 5.32 Å². The van der Waals surface area contributed by atoms with Crippen LogP contribution >= 0.6 is 0 Å². The topological polar surface area (TPSA) is 49.4 Å². The van der Waals surface area contributed by atoms with Gasteiger partial charge < -0.3 is 10.2 Å². The van der Waals surface area contributed by atoms with Gasteiger partial charge in [-0.1, -0.05) is 48.5 Å². The molecular weight excluding hydrogens is 362 g/mol. The number of nitrogens with zero attached hydrogens (tertiary/aromatic N) is 1. The number of nitrogens with one attached hydrogen (secondary N) is 1. The van der Waals surface area contributed by atoms with E-state index in [1.807, 2.05) is 42.5 Å². The SMILES string of the molecule is CCN(CC(=O)Nc1c(F)cccc1F)C(=O)Cc1cccc2ccccc12. The van der Waals surface area contributed by atoms with E-state index >= 15 is 0 Å². The lowest BCUT2D eigenvalue weighted by atomic mass is 10.0. The van der Waals surface area contributed by atoms with Gasteiger partial charge in [0.2, 0.25) is 11.8 Å². The summed E-state index contributed by atoms with van der Waals surface area (Å²) in [4.78, 5) is 26.3. The van der Waals surface area contributed by atoms with Gasteiger partial charge in [0.15, 0.2) is 0 Å². The number of anilines is 1. The van der Waals surface area contributed by atoms with Crippen molar-refractivity contribution in [1.29, 1.82) is 0 Å². The van der Waals surface area contributed by atoms with Crippen LogP contribution in [0.25, 0.3) is 10.8 Å². The quantitative estimate of drug-likeness (QED) is 0.696. The Morgan fingerprint density at radius 2 is 1.57 bits per heavy atom. The molecule has 4 nitrogen and oxygen atoms in total. The molecule has 144 valence electrons. The zero-order valence-corrected chi connectivity index (χ0v) is 15.4. The third-order valence-corrected chi connectivity index (χ3v) is 4.52. The Bertz CT molecular complexity index is 995. The molecule has 0 unspecified atom stereocenters. The molecule has 1 N–H and O–H groups in total. The molecule has 0 radical (unpaired) electrons. The summed E-state index contributed by atoms with van der Waals surface area (Å²) in [5.74, 6) is -2.61. The lowest BCUT2D eigenvalue weighted by molar-refractivity contribution is -0.133. The van der Waals surface area contributed by atoms with Crippen molar-refractivity contribution in [2.45, 2.75) is 13.3 Å². The van der Waals surface area contributed by atoms with Crippen LogP contribution in [0.15, 0.2) is 60.7 Å². The highest BCUT2D eigenvalue weighted by molar-refractivity contribution is 5.96. The second-order valence-electron chi connectivity index (χ2n) is 6.37. The van der Waals surface area contributed by atoms with Crippen LogP contribution in [0.2, 0.25) is 0 Å². The van der Waals surface area contributed by atoms with Crippen molar-refractivity contribution in [2.24, 2.45) is 0 Å². The Labute approximate surface area is 161 Å². The molecule has 3 rings (SSSR count). The van der Waals surface area contributed by atoms with Gasteiger partial charge in [-0.25, -0.2) is 8.78 Å². The molecule has 0 aliphatic heterocycles. The van der Waals surface area contributed by atoms with Crippen molar-refractivity contribution in [2.75, 3.05) is 18.4 Å². The van der Waals surface area contributed by atoms with E-state index in [1.165, 1.54) is 11.0 Å². The summed E-state index contributed by atoms with van der Waals surface area (Å²) in [6, 6.07) is 16.8. The highest BCUT2D eigenvalue weighted by atomic mass is 19.1. The highest BCUT2D eigenvalue weighted by Crippen LogP contribution is 2.20. The Hall–Kier alpha value is -3.28. The third kappa shape index (κ3) is 4.34. The van der Waals surface area contributed by atoms with Gasteiger partial charge in [-0.3, -0.25) is 9.59 Å². The van der Waals surface area contributed by atoms with Crippen LogP contribution in [0.5, 0.6) is 0 Å². The minimum Gasteiger partial charge on any atom is -0.333 e. The van der Waals surface area contributed by atoms with E-state index in [9.17, 15) is 18.4 Å².